The smallest absolute Gasteiger partial charge is 0.274 e. The monoisotopic (exact) mass is 320 g/mol. The second-order valence-electron chi connectivity index (χ2n) is 6.37. The highest BCUT2D eigenvalue weighted by Crippen LogP contribution is 2.29. The molecule has 1 saturated carbocycles. The number of rotatable bonds is 6. The van der Waals surface area contributed by atoms with Crippen molar-refractivity contribution in [2.75, 3.05) is 46.9 Å². The van der Waals surface area contributed by atoms with E-state index in [1.54, 1.807) is 17.0 Å². The van der Waals surface area contributed by atoms with Gasteiger partial charge in [0.2, 0.25) is 5.88 Å². The fraction of sp³-hybridized carbons (Fsp3) is 0.688. The second kappa shape index (κ2) is 7.23. The molecule has 0 radical (unpaired) electrons. The normalized spacial score (nSPS) is 21.5. The number of morpholine rings is 1. The zero-order chi connectivity index (χ0) is 16.2. The van der Waals surface area contributed by atoms with Crippen LogP contribution in [0.2, 0.25) is 0 Å². The van der Waals surface area contributed by atoms with E-state index in [2.05, 4.69) is 22.1 Å². The molecule has 0 unspecified atom stereocenters. The molecule has 23 heavy (non-hydrogen) atoms. The van der Waals surface area contributed by atoms with E-state index in [1.807, 2.05) is 0 Å². The van der Waals surface area contributed by atoms with Crippen molar-refractivity contribution >= 4 is 5.91 Å². The van der Waals surface area contributed by atoms with E-state index in [1.165, 1.54) is 20.0 Å². The minimum Gasteiger partial charge on any atom is -0.480 e. The first-order valence-corrected chi connectivity index (χ1v) is 8.13. The maximum atomic E-state index is 12.5. The minimum absolute atomic E-state index is 0.0580. The summed E-state index contributed by atoms with van der Waals surface area (Å²) in [4.78, 5) is 16.6. The van der Waals surface area contributed by atoms with Crippen LogP contribution in [0.15, 0.2) is 12.1 Å². The number of likely N-dealkylation sites (N-methyl/N-ethyl adjacent to an activating group) is 1. The maximum Gasteiger partial charge on any atom is 0.274 e. The van der Waals surface area contributed by atoms with Gasteiger partial charge in [0.05, 0.1) is 19.8 Å². The Morgan fingerprint density at radius 3 is 2.87 bits per heavy atom. The van der Waals surface area contributed by atoms with E-state index in [4.69, 9.17) is 9.47 Å². The fourth-order valence-corrected chi connectivity index (χ4v) is 2.88. The summed E-state index contributed by atoms with van der Waals surface area (Å²) in [5.41, 5.74) is 0.345. The van der Waals surface area contributed by atoms with E-state index >= 15 is 0 Å². The first-order valence-electron chi connectivity index (χ1n) is 8.13. The van der Waals surface area contributed by atoms with Gasteiger partial charge >= 0.3 is 0 Å². The number of ether oxygens (including phenoxy) is 2. The maximum absolute atomic E-state index is 12.5. The van der Waals surface area contributed by atoms with E-state index in [-0.39, 0.29) is 12.0 Å². The summed E-state index contributed by atoms with van der Waals surface area (Å²) in [6, 6.07) is 3.30. The number of aromatic nitrogens is 2. The molecule has 1 aromatic rings. The van der Waals surface area contributed by atoms with Crippen LogP contribution in [-0.2, 0) is 4.74 Å². The summed E-state index contributed by atoms with van der Waals surface area (Å²) in [6.45, 7) is 3.74. The first-order chi connectivity index (χ1) is 11.2. The highest BCUT2D eigenvalue weighted by molar-refractivity contribution is 5.92. The average molecular weight is 320 g/mol. The number of carbonyl (C=O) groups is 1. The lowest BCUT2D eigenvalue weighted by Gasteiger charge is -2.34. The predicted octanol–water partition coefficient (Wildman–Crippen LogP) is 0.668. The summed E-state index contributed by atoms with van der Waals surface area (Å²) in [6.07, 6.45) is 2.75. The van der Waals surface area contributed by atoms with Crippen LogP contribution in [-0.4, -0.2) is 79.0 Å². The summed E-state index contributed by atoms with van der Waals surface area (Å²) < 4.78 is 10.8. The quantitative estimate of drug-likeness (QED) is 0.767. The molecule has 1 aliphatic carbocycles. The molecule has 1 aliphatic heterocycles. The minimum atomic E-state index is -0.0988. The van der Waals surface area contributed by atoms with Gasteiger partial charge in [-0.05, 0) is 31.9 Å². The predicted molar refractivity (Wildman–Crippen MR) is 84.4 cm³/mol. The molecule has 0 spiro atoms. The Labute approximate surface area is 136 Å². The lowest BCUT2D eigenvalue weighted by molar-refractivity contribution is -0.0335. The van der Waals surface area contributed by atoms with E-state index in [0.717, 1.165) is 19.0 Å². The first kappa shape index (κ1) is 16.1. The molecular formula is C16H24N4O3. The molecule has 1 amide bonds. The molecule has 2 aliphatic rings. The van der Waals surface area contributed by atoms with Crippen molar-refractivity contribution in [1.82, 2.24) is 20.0 Å². The molecule has 0 bridgehead atoms. The molecule has 7 nitrogen and oxygen atoms in total. The number of carbonyl (C=O) groups excluding carboxylic acids is 1. The van der Waals surface area contributed by atoms with E-state index in [0.29, 0.717) is 31.3 Å². The van der Waals surface area contributed by atoms with Crippen LogP contribution in [0, 0.1) is 5.92 Å². The van der Waals surface area contributed by atoms with Crippen LogP contribution in [0.5, 0.6) is 5.88 Å². The average Bonchev–Trinajstić information content (AvgIpc) is 3.38. The van der Waals surface area contributed by atoms with Gasteiger partial charge in [0.15, 0.2) is 5.69 Å². The Bertz CT molecular complexity index is 533. The van der Waals surface area contributed by atoms with Gasteiger partial charge in [-0.15, -0.1) is 10.2 Å². The van der Waals surface area contributed by atoms with E-state index < -0.39 is 0 Å². The fourth-order valence-electron chi connectivity index (χ4n) is 2.88. The summed E-state index contributed by atoms with van der Waals surface area (Å²) >= 11 is 0. The van der Waals surface area contributed by atoms with Gasteiger partial charge < -0.3 is 19.3 Å². The summed E-state index contributed by atoms with van der Waals surface area (Å²) in [5.74, 6) is 1.16. The third kappa shape index (κ3) is 4.39. The largest absolute Gasteiger partial charge is 0.480 e. The molecule has 1 aromatic heterocycles. The lowest BCUT2D eigenvalue weighted by Crippen LogP contribution is -2.49. The molecule has 1 atom stereocenters. The zero-order valence-corrected chi connectivity index (χ0v) is 13.8. The third-order valence-electron chi connectivity index (χ3n) is 4.28. The van der Waals surface area contributed by atoms with Crippen molar-refractivity contribution in [1.29, 1.82) is 0 Å². The Morgan fingerprint density at radius 2 is 2.22 bits per heavy atom. The van der Waals surface area contributed by atoms with Gasteiger partial charge in [-0.1, -0.05) is 0 Å². The molecular weight excluding hydrogens is 296 g/mol. The molecule has 0 N–H and O–H groups in total. The Morgan fingerprint density at radius 1 is 1.39 bits per heavy atom. The summed E-state index contributed by atoms with van der Waals surface area (Å²) in [7, 11) is 3.65. The van der Waals surface area contributed by atoms with Crippen LogP contribution in [0.25, 0.3) is 0 Å². The highest BCUT2D eigenvalue weighted by Gasteiger charge is 2.28. The molecule has 3 rings (SSSR count). The SMILES string of the molecule is COc1ccc(C(=O)N2CCO[C@H](CN(C)CC3CC3)C2)nn1. The number of hydrogen-bond acceptors (Lipinski definition) is 6. The van der Waals surface area contributed by atoms with Crippen LogP contribution in [0.3, 0.4) is 0 Å². The van der Waals surface area contributed by atoms with Gasteiger partial charge in [0, 0.05) is 32.2 Å². The highest BCUT2D eigenvalue weighted by atomic mass is 16.5. The zero-order valence-electron chi connectivity index (χ0n) is 13.8. The molecule has 0 aromatic carbocycles. The van der Waals surface area contributed by atoms with Crippen LogP contribution < -0.4 is 4.74 Å². The van der Waals surface area contributed by atoms with Crippen molar-refractivity contribution in [2.24, 2.45) is 5.92 Å². The van der Waals surface area contributed by atoms with Crippen LogP contribution >= 0.6 is 0 Å². The Hall–Kier alpha value is -1.73. The van der Waals surface area contributed by atoms with Gasteiger partial charge in [0.25, 0.3) is 5.91 Å². The lowest BCUT2D eigenvalue weighted by atomic mass is 10.2. The third-order valence-corrected chi connectivity index (χ3v) is 4.28. The molecule has 2 heterocycles. The standard InChI is InChI=1S/C16H24N4O3/c1-19(9-12-3-4-12)10-13-11-20(7-8-23-13)16(21)14-5-6-15(22-2)18-17-14/h5-6,12-13H,3-4,7-11H2,1-2H3/t13-/m1/s1. The van der Waals surface area contributed by atoms with Crippen molar-refractivity contribution < 1.29 is 14.3 Å². The van der Waals surface area contributed by atoms with E-state index in [9.17, 15) is 4.79 Å². The Kier molecular flexibility index (Phi) is 5.07. The van der Waals surface area contributed by atoms with Gasteiger partial charge in [-0.2, -0.15) is 0 Å². The molecule has 2 fully saturated rings. The molecule has 1 saturated heterocycles. The van der Waals surface area contributed by atoms with Gasteiger partial charge in [-0.25, -0.2) is 0 Å². The van der Waals surface area contributed by atoms with Crippen molar-refractivity contribution in [3.05, 3.63) is 17.8 Å². The number of nitrogens with zero attached hydrogens (tertiary/aromatic N) is 4. The van der Waals surface area contributed by atoms with Crippen molar-refractivity contribution in [3.8, 4) is 5.88 Å². The Balaban J connectivity index is 1.54. The number of methoxy groups -OCH3 is 1. The molecule has 7 heteroatoms. The van der Waals surface area contributed by atoms with Crippen molar-refractivity contribution in [3.63, 3.8) is 0 Å². The van der Waals surface area contributed by atoms with Crippen LogP contribution in [0.4, 0.5) is 0 Å². The topological polar surface area (TPSA) is 67.8 Å². The van der Waals surface area contributed by atoms with Gasteiger partial charge in [-0.3, -0.25) is 4.79 Å². The second-order valence-corrected chi connectivity index (χ2v) is 6.37. The number of amides is 1. The van der Waals surface area contributed by atoms with Crippen LogP contribution in [0.1, 0.15) is 23.3 Å². The van der Waals surface area contributed by atoms with Gasteiger partial charge in [0.1, 0.15) is 0 Å². The number of hydrogen-bond donors (Lipinski definition) is 0. The van der Waals surface area contributed by atoms with Crippen molar-refractivity contribution in [2.45, 2.75) is 18.9 Å². The molecule has 126 valence electrons. The summed E-state index contributed by atoms with van der Waals surface area (Å²) in [5, 5.41) is 7.80.